The molecule has 1 nitrogen and oxygen atoms in total. The molecule has 0 N–H and O–H groups in total. The van der Waals surface area contributed by atoms with E-state index < -0.39 is 0 Å². The minimum Gasteiger partial charge on any atom is -0.683 e. The molecule has 1 aliphatic heterocycles. The van der Waals surface area contributed by atoms with Crippen molar-refractivity contribution < 1.29 is 0 Å². The fraction of sp³-hybridized carbons (Fsp3) is 0.750. The molecular weight excluding hydrogens is 110 g/mol. The predicted octanol–water partition coefficient (Wildman–Crippen LogP) is 2.84. The second-order valence-electron chi connectivity index (χ2n) is 3.31. The molecule has 0 spiro atoms. The quantitative estimate of drug-likeness (QED) is 0.471. The van der Waals surface area contributed by atoms with Gasteiger partial charge in [-0.1, -0.05) is 27.2 Å². The molecule has 0 amide bonds. The van der Waals surface area contributed by atoms with Gasteiger partial charge in [-0.15, -0.1) is 11.6 Å². The zero-order valence-electron chi connectivity index (χ0n) is 6.44. The van der Waals surface area contributed by atoms with E-state index in [9.17, 15) is 0 Å². The summed E-state index contributed by atoms with van der Waals surface area (Å²) in [7, 11) is 0. The summed E-state index contributed by atoms with van der Waals surface area (Å²) < 4.78 is 0. The molecule has 9 heavy (non-hydrogen) atoms. The summed E-state index contributed by atoms with van der Waals surface area (Å²) in [6.07, 6.45) is 4.60. The highest BCUT2D eigenvalue weighted by Gasteiger charge is 2.07. The molecule has 0 aromatic heterocycles. The first-order chi connectivity index (χ1) is 4.10. The Morgan fingerprint density at radius 3 is 2.56 bits per heavy atom. The van der Waals surface area contributed by atoms with Crippen LogP contribution in [0.25, 0.3) is 5.32 Å². The Hall–Kier alpha value is -0.460. The lowest BCUT2D eigenvalue weighted by molar-refractivity contribution is 0.527. The fourth-order valence-electron chi connectivity index (χ4n) is 1.21. The molecule has 52 valence electrons. The molecule has 1 rings (SSSR count). The molecule has 0 atom stereocenters. The largest absolute Gasteiger partial charge is 0.683 e. The lowest BCUT2D eigenvalue weighted by Crippen LogP contribution is -2.20. The predicted molar refractivity (Wildman–Crippen MR) is 40.4 cm³/mol. The van der Waals surface area contributed by atoms with Crippen LogP contribution in [0.3, 0.4) is 0 Å². The number of rotatable bonds is 0. The van der Waals surface area contributed by atoms with Crippen LogP contribution in [0.5, 0.6) is 0 Å². The normalized spacial score (nSPS) is 24.6. The first kappa shape index (κ1) is 6.66. The Bertz CT molecular complexity index is 134. The number of nitrogens with zero attached hydrogens (tertiary/aromatic N) is 1. The van der Waals surface area contributed by atoms with Crippen LogP contribution in [0.2, 0.25) is 0 Å². The van der Waals surface area contributed by atoms with Crippen molar-refractivity contribution >= 4 is 0 Å². The van der Waals surface area contributed by atoms with Gasteiger partial charge in [-0.25, -0.2) is 0 Å². The minimum absolute atomic E-state index is 0.207. The molecule has 0 saturated carbocycles. The van der Waals surface area contributed by atoms with Gasteiger partial charge in [-0.05, 0) is 6.42 Å². The van der Waals surface area contributed by atoms with Crippen LogP contribution in [-0.2, 0) is 0 Å². The van der Waals surface area contributed by atoms with Crippen molar-refractivity contribution in [1.82, 2.24) is 0 Å². The molecule has 0 unspecified atom stereocenters. The molecule has 0 radical (unpaired) electrons. The maximum Gasteiger partial charge on any atom is -0.0372 e. The van der Waals surface area contributed by atoms with Gasteiger partial charge in [0.15, 0.2) is 0 Å². The van der Waals surface area contributed by atoms with E-state index in [1.54, 1.807) is 0 Å². The van der Waals surface area contributed by atoms with Crippen molar-refractivity contribution in [3.8, 4) is 0 Å². The van der Waals surface area contributed by atoms with Crippen molar-refractivity contribution in [2.24, 2.45) is 0 Å². The Kier molecular flexibility index (Phi) is 1.52. The zero-order valence-corrected chi connectivity index (χ0v) is 6.44. The average Bonchev–Trinajstić information content (AvgIpc) is 1.60. The first-order valence-corrected chi connectivity index (χ1v) is 3.50. The number of hydrogen-bond donors (Lipinski definition) is 0. The van der Waals surface area contributed by atoms with E-state index in [1.807, 2.05) is 0 Å². The van der Waals surface area contributed by atoms with E-state index in [2.05, 4.69) is 32.2 Å². The monoisotopic (exact) mass is 124 g/mol. The molecule has 0 aromatic rings. The van der Waals surface area contributed by atoms with Gasteiger partial charge in [0.25, 0.3) is 0 Å². The third kappa shape index (κ3) is 1.74. The lowest BCUT2D eigenvalue weighted by atomic mass is 9.94. The molecule has 1 heteroatoms. The van der Waals surface area contributed by atoms with Crippen molar-refractivity contribution in [3.05, 3.63) is 17.1 Å². The highest BCUT2D eigenvalue weighted by molar-refractivity contribution is 5.25. The highest BCUT2D eigenvalue weighted by Crippen LogP contribution is 2.31. The van der Waals surface area contributed by atoms with E-state index >= 15 is 0 Å². The highest BCUT2D eigenvalue weighted by atomic mass is 15.0. The van der Waals surface area contributed by atoms with Crippen molar-refractivity contribution in [2.45, 2.75) is 39.2 Å². The van der Waals surface area contributed by atoms with E-state index in [0.29, 0.717) is 0 Å². The summed E-state index contributed by atoms with van der Waals surface area (Å²) in [6, 6.07) is 0. The van der Waals surface area contributed by atoms with Crippen LogP contribution < -0.4 is 0 Å². The van der Waals surface area contributed by atoms with Gasteiger partial charge in [0, 0.05) is 0 Å². The minimum atomic E-state index is 0.207. The summed E-state index contributed by atoms with van der Waals surface area (Å²) in [5.74, 6) is 0. The van der Waals surface area contributed by atoms with Crippen molar-refractivity contribution in [1.29, 1.82) is 0 Å². The van der Waals surface area contributed by atoms with Crippen LogP contribution in [0, 0.1) is 0 Å². The van der Waals surface area contributed by atoms with Crippen LogP contribution >= 0.6 is 0 Å². The van der Waals surface area contributed by atoms with E-state index in [4.69, 9.17) is 0 Å². The van der Waals surface area contributed by atoms with Gasteiger partial charge in [-0.3, -0.25) is 0 Å². The number of hydrogen-bond acceptors (Lipinski definition) is 0. The fourth-order valence-corrected chi connectivity index (χ4v) is 1.21. The second kappa shape index (κ2) is 2.05. The van der Waals surface area contributed by atoms with E-state index in [0.717, 1.165) is 0 Å². The van der Waals surface area contributed by atoms with Gasteiger partial charge in [0.1, 0.15) is 0 Å². The van der Waals surface area contributed by atoms with Crippen LogP contribution in [0.1, 0.15) is 33.6 Å². The van der Waals surface area contributed by atoms with Crippen LogP contribution in [0.15, 0.2) is 11.8 Å². The van der Waals surface area contributed by atoms with Gasteiger partial charge in [0.2, 0.25) is 0 Å². The molecule has 1 heterocycles. The van der Waals surface area contributed by atoms with Crippen LogP contribution in [0.4, 0.5) is 0 Å². The average molecular weight is 124 g/mol. The van der Waals surface area contributed by atoms with Gasteiger partial charge in [-0.2, -0.15) is 5.70 Å². The van der Waals surface area contributed by atoms with Crippen LogP contribution in [-0.4, -0.2) is 5.54 Å². The lowest BCUT2D eigenvalue weighted by Gasteiger charge is -2.45. The third-order valence-electron chi connectivity index (χ3n) is 1.67. The molecule has 0 aliphatic carbocycles. The summed E-state index contributed by atoms with van der Waals surface area (Å²) in [5, 5.41) is 4.48. The maximum absolute atomic E-state index is 4.48. The Morgan fingerprint density at radius 1 is 1.56 bits per heavy atom. The first-order valence-electron chi connectivity index (χ1n) is 3.50. The number of allylic oxidation sites excluding steroid dienone is 2. The SMILES string of the molecule is CC1=CCCC(C)(C)[N-]1. The summed E-state index contributed by atoms with van der Waals surface area (Å²) in [4.78, 5) is 0. The molecular formula is C8H14N-. The van der Waals surface area contributed by atoms with Gasteiger partial charge >= 0.3 is 0 Å². The third-order valence-corrected chi connectivity index (χ3v) is 1.67. The van der Waals surface area contributed by atoms with E-state index in [1.165, 1.54) is 18.5 Å². The van der Waals surface area contributed by atoms with Gasteiger partial charge < -0.3 is 5.32 Å². The molecule has 0 saturated heterocycles. The summed E-state index contributed by atoms with van der Waals surface area (Å²) >= 11 is 0. The Morgan fingerprint density at radius 2 is 2.22 bits per heavy atom. The maximum atomic E-state index is 4.48. The molecule has 0 aromatic carbocycles. The summed E-state index contributed by atoms with van der Waals surface area (Å²) in [5.41, 5.74) is 1.41. The van der Waals surface area contributed by atoms with Crippen molar-refractivity contribution in [3.63, 3.8) is 0 Å². The Labute approximate surface area is 57.1 Å². The van der Waals surface area contributed by atoms with Crippen molar-refractivity contribution in [2.75, 3.05) is 0 Å². The smallest absolute Gasteiger partial charge is 0.0372 e. The molecule has 1 aliphatic rings. The Balaban J connectivity index is 2.59. The topological polar surface area (TPSA) is 14.1 Å². The zero-order chi connectivity index (χ0) is 6.91. The van der Waals surface area contributed by atoms with E-state index in [-0.39, 0.29) is 5.54 Å². The standard InChI is InChI=1S/C8H14N/c1-7-5-4-6-8(2,3)9-7/h5H,4,6H2,1-3H3/q-1. The van der Waals surface area contributed by atoms with Gasteiger partial charge in [0.05, 0.1) is 0 Å². The molecule has 0 bridgehead atoms. The summed E-state index contributed by atoms with van der Waals surface area (Å²) in [6.45, 7) is 6.44. The molecule has 0 fully saturated rings. The second-order valence-corrected chi connectivity index (χ2v) is 3.31.